The number of halogens is 1. The first-order chi connectivity index (χ1) is 14.0. The number of carbonyl (C=O) groups excluding carboxylic acids is 1. The van der Waals surface area contributed by atoms with E-state index in [2.05, 4.69) is 5.32 Å². The largest absolute Gasteiger partial charge is 0.632 e. The monoisotopic (exact) mass is 413 g/mol. The van der Waals surface area contributed by atoms with E-state index >= 15 is 0 Å². The fourth-order valence-electron chi connectivity index (χ4n) is 4.10. The molecule has 3 aromatic rings. The maximum atomic E-state index is 12.7. The molecule has 0 aliphatic heterocycles. The van der Waals surface area contributed by atoms with Crippen LogP contribution in [0.25, 0.3) is 10.9 Å². The molecule has 0 bridgehead atoms. The highest BCUT2D eigenvalue weighted by Crippen LogP contribution is 2.29. The maximum Gasteiger partial charge on any atom is 0.632 e. The van der Waals surface area contributed by atoms with Gasteiger partial charge in [-0.2, -0.15) is 0 Å². The second kappa shape index (κ2) is 8.25. The number of fused-ring (bicyclic) bond motifs is 1. The van der Waals surface area contributed by atoms with E-state index in [1.807, 2.05) is 12.1 Å². The summed E-state index contributed by atoms with van der Waals surface area (Å²) in [6.45, 7) is -0.0914. The summed E-state index contributed by atoms with van der Waals surface area (Å²) in [5.41, 5.74) is 1.18. The third-order valence-corrected chi connectivity index (χ3v) is 5.71. The quantitative estimate of drug-likeness (QED) is 0.571. The van der Waals surface area contributed by atoms with Crippen LogP contribution in [0.4, 0.5) is 5.69 Å². The van der Waals surface area contributed by atoms with E-state index in [1.165, 1.54) is 0 Å². The number of benzene rings is 2. The Morgan fingerprint density at radius 3 is 2.59 bits per heavy atom. The van der Waals surface area contributed by atoms with Crippen molar-refractivity contribution in [3.05, 3.63) is 53.6 Å². The van der Waals surface area contributed by atoms with Gasteiger partial charge in [0.25, 0.3) is 5.91 Å². The van der Waals surface area contributed by atoms with Gasteiger partial charge in [0.05, 0.1) is 0 Å². The minimum absolute atomic E-state index is 0.00981. The number of nitrogens with zero attached hydrogens (tertiary/aromatic N) is 2. The van der Waals surface area contributed by atoms with Gasteiger partial charge in [-0.25, -0.2) is 0 Å². The Morgan fingerprint density at radius 2 is 1.83 bits per heavy atom. The van der Waals surface area contributed by atoms with Crippen LogP contribution in [0.5, 0.6) is 11.9 Å². The number of rotatable bonds is 4. The highest BCUT2D eigenvalue weighted by Gasteiger charge is 2.39. The van der Waals surface area contributed by atoms with Crippen molar-refractivity contribution in [1.82, 2.24) is 0 Å². The molecular weight excluding hydrogens is 390 g/mol. The second-order valence-electron chi connectivity index (χ2n) is 7.45. The minimum Gasteiger partial charge on any atom is -0.459 e. The molecule has 6 nitrogen and oxygen atoms in total. The molecule has 1 aromatic heterocycles. The van der Waals surface area contributed by atoms with Crippen LogP contribution in [0, 0.1) is 0 Å². The first-order valence-corrected chi connectivity index (χ1v) is 10.3. The van der Waals surface area contributed by atoms with Crippen molar-refractivity contribution in [2.75, 3.05) is 5.32 Å². The molecular formula is C22H24ClN3O3+2. The van der Waals surface area contributed by atoms with Crippen molar-refractivity contribution in [2.45, 2.75) is 44.7 Å². The molecule has 3 N–H and O–H groups in total. The molecule has 1 amide bonds. The standard InChI is InChI=1S/C22H22ClN3O3/c23-15-7-6-8-16(13-15)24-20(27)14-25-19-12-5-4-11-18(19)21(28)26(22(25)29)17-9-2-1-3-10-17/h4-8,11-13,17H,1-3,9-10,14H2,(H,24,27)/p+2. The van der Waals surface area contributed by atoms with Crippen molar-refractivity contribution >= 4 is 34.1 Å². The summed E-state index contributed by atoms with van der Waals surface area (Å²) in [7, 11) is 0. The van der Waals surface area contributed by atoms with Gasteiger partial charge in [0.15, 0.2) is 11.4 Å². The van der Waals surface area contributed by atoms with E-state index in [1.54, 1.807) is 45.5 Å². The lowest BCUT2D eigenvalue weighted by Gasteiger charge is -2.17. The van der Waals surface area contributed by atoms with Gasteiger partial charge in [-0.3, -0.25) is 4.79 Å². The normalized spacial score (nSPS) is 14.8. The number of aromatic hydroxyl groups is 2. The minimum atomic E-state index is -0.293. The van der Waals surface area contributed by atoms with Crippen molar-refractivity contribution < 1.29 is 24.1 Å². The zero-order chi connectivity index (χ0) is 20.4. The highest BCUT2D eigenvalue weighted by atomic mass is 35.5. The molecule has 7 heteroatoms. The van der Waals surface area contributed by atoms with Gasteiger partial charge in [0.1, 0.15) is 0 Å². The van der Waals surface area contributed by atoms with E-state index in [4.69, 9.17) is 11.6 Å². The van der Waals surface area contributed by atoms with Crippen LogP contribution in [-0.4, -0.2) is 16.1 Å². The summed E-state index contributed by atoms with van der Waals surface area (Å²) in [6, 6.07) is 14.0. The number of carbonyl (C=O) groups is 1. The first kappa shape index (κ1) is 19.5. The summed E-state index contributed by atoms with van der Waals surface area (Å²) in [5.74, 6) is -0.255. The van der Waals surface area contributed by atoms with Crippen LogP contribution < -0.4 is 14.5 Å². The first-order valence-electron chi connectivity index (χ1n) is 9.88. The summed E-state index contributed by atoms with van der Waals surface area (Å²) in [5, 5.41) is 25.9. The lowest BCUT2D eigenvalue weighted by Crippen LogP contribution is -2.53. The molecule has 1 aliphatic rings. The Balaban J connectivity index is 1.73. The van der Waals surface area contributed by atoms with Crippen LogP contribution in [0.1, 0.15) is 38.1 Å². The molecule has 0 saturated heterocycles. The number of aromatic nitrogens is 2. The van der Waals surface area contributed by atoms with Crippen molar-refractivity contribution in [3.8, 4) is 11.9 Å². The van der Waals surface area contributed by atoms with Gasteiger partial charge in [0.2, 0.25) is 12.1 Å². The maximum absolute atomic E-state index is 12.7. The molecule has 0 radical (unpaired) electrons. The Labute approximate surface area is 174 Å². The number of hydrogen-bond acceptors (Lipinski definition) is 3. The molecule has 0 spiro atoms. The Hall–Kier alpha value is -2.86. The predicted octanol–water partition coefficient (Wildman–Crippen LogP) is 3.62. The van der Waals surface area contributed by atoms with Gasteiger partial charge in [-0.15, -0.1) is 0 Å². The van der Waals surface area contributed by atoms with Crippen molar-refractivity contribution in [3.63, 3.8) is 0 Å². The SMILES string of the molecule is O=C(C[n+]1c(O)[n+](C2CCCCC2)c(O)c2ccccc21)Nc1cccc(Cl)c1. The summed E-state index contributed by atoms with van der Waals surface area (Å²) >= 11 is 5.99. The topological polar surface area (TPSA) is 77.3 Å². The van der Waals surface area contributed by atoms with Crippen LogP contribution >= 0.6 is 11.6 Å². The van der Waals surface area contributed by atoms with E-state index in [0.717, 1.165) is 32.1 Å². The predicted molar refractivity (Wildman–Crippen MR) is 110 cm³/mol. The zero-order valence-corrected chi connectivity index (χ0v) is 16.8. The summed E-state index contributed by atoms with van der Waals surface area (Å²) in [4.78, 5) is 12.7. The highest BCUT2D eigenvalue weighted by molar-refractivity contribution is 6.30. The summed E-state index contributed by atoms with van der Waals surface area (Å²) < 4.78 is 3.12. The van der Waals surface area contributed by atoms with E-state index in [0.29, 0.717) is 21.6 Å². The average Bonchev–Trinajstić information content (AvgIpc) is 2.72. The molecule has 4 rings (SSSR count). The zero-order valence-electron chi connectivity index (χ0n) is 16.0. The van der Waals surface area contributed by atoms with Crippen molar-refractivity contribution in [1.29, 1.82) is 0 Å². The lowest BCUT2D eigenvalue weighted by molar-refractivity contribution is -0.830. The fraction of sp³-hybridized carbons (Fsp3) is 0.318. The van der Waals surface area contributed by atoms with Crippen LogP contribution in [0.3, 0.4) is 0 Å². The average molecular weight is 414 g/mol. The molecule has 0 atom stereocenters. The summed E-state index contributed by atoms with van der Waals surface area (Å²) in [6.07, 6.45) is 5.04. The molecule has 1 fully saturated rings. The van der Waals surface area contributed by atoms with Gasteiger partial charge in [-0.1, -0.05) is 45.4 Å². The van der Waals surface area contributed by atoms with Crippen molar-refractivity contribution in [2.24, 2.45) is 0 Å². The number of amides is 1. The third kappa shape index (κ3) is 3.98. The molecule has 1 heterocycles. The van der Waals surface area contributed by atoms with Crippen LogP contribution in [-0.2, 0) is 11.3 Å². The molecule has 29 heavy (non-hydrogen) atoms. The number of para-hydroxylation sites is 1. The third-order valence-electron chi connectivity index (χ3n) is 5.47. The van der Waals surface area contributed by atoms with Crippen LogP contribution in [0.15, 0.2) is 48.5 Å². The van der Waals surface area contributed by atoms with E-state index in [-0.39, 0.29) is 30.4 Å². The van der Waals surface area contributed by atoms with E-state index in [9.17, 15) is 15.0 Å². The number of anilines is 1. The van der Waals surface area contributed by atoms with Gasteiger partial charge >= 0.3 is 11.9 Å². The van der Waals surface area contributed by atoms with Gasteiger partial charge in [-0.05, 0) is 37.1 Å². The van der Waals surface area contributed by atoms with Crippen LogP contribution in [0.2, 0.25) is 5.02 Å². The van der Waals surface area contributed by atoms with E-state index < -0.39 is 0 Å². The van der Waals surface area contributed by atoms with Gasteiger partial charge < -0.3 is 15.5 Å². The fourth-order valence-corrected chi connectivity index (χ4v) is 4.29. The molecule has 1 aliphatic carbocycles. The van der Waals surface area contributed by atoms with Gasteiger partial charge in [0, 0.05) is 29.6 Å². The second-order valence-corrected chi connectivity index (χ2v) is 7.88. The molecule has 1 saturated carbocycles. The Kier molecular flexibility index (Phi) is 5.53. The number of nitrogens with one attached hydrogen (secondary N) is 1. The Bertz CT molecular complexity index is 1060. The molecule has 2 aromatic carbocycles. The molecule has 150 valence electrons. The molecule has 0 unspecified atom stereocenters. The Morgan fingerprint density at radius 1 is 1.07 bits per heavy atom. The smallest absolute Gasteiger partial charge is 0.459 e. The number of hydrogen-bond donors (Lipinski definition) is 3. The lowest BCUT2D eigenvalue weighted by atomic mass is 9.95.